The summed E-state index contributed by atoms with van der Waals surface area (Å²) in [6.07, 6.45) is 1.91. The molecule has 1 atom stereocenters. The van der Waals surface area contributed by atoms with Crippen molar-refractivity contribution in [1.29, 1.82) is 0 Å². The molecule has 0 amide bonds. The maximum Gasteiger partial charge on any atom is 0.0876 e. The SMILES string of the molecule is CCOC(CC)(CC)C(N)c1sccc1C. The Hall–Kier alpha value is -0.380. The van der Waals surface area contributed by atoms with Crippen LogP contribution in [0.2, 0.25) is 0 Å². The van der Waals surface area contributed by atoms with Crippen molar-refractivity contribution in [1.82, 2.24) is 0 Å². The first-order chi connectivity index (χ1) is 7.61. The van der Waals surface area contributed by atoms with Crippen LogP contribution in [0, 0.1) is 6.92 Å². The number of aryl methyl sites for hydroxylation is 1. The van der Waals surface area contributed by atoms with Gasteiger partial charge in [0.15, 0.2) is 0 Å². The second-order valence-corrected chi connectivity index (χ2v) is 5.10. The number of hydrogen-bond donors (Lipinski definition) is 1. The molecule has 0 saturated heterocycles. The first kappa shape index (κ1) is 13.7. The molecule has 16 heavy (non-hydrogen) atoms. The van der Waals surface area contributed by atoms with E-state index < -0.39 is 0 Å². The topological polar surface area (TPSA) is 35.2 Å². The van der Waals surface area contributed by atoms with Gasteiger partial charge in [0.25, 0.3) is 0 Å². The van der Waals surface area contributed by atoms with Gasteiger partial charge in [-0.2, -0.15) is 0 Å². The number of rotatable bonds is 6. The van der Waals surface area contributed by atoms with Gasteiger partial charge < -0.3 is 10.5 Å². The highest BCUT2D eigenvalue weighted by Gasteiger charge is 2.36. The molecule has 0 aliphatic heterocycles. The lowest BCUT2D eigenvalue weighted by atomic mass is 9.87. The fourth-order valence-electron chi connectivity index (χ4n) is 2.21. The van der Waals surface area contributed by atoms with E-state index in [1.54, 1.807) is 11.3 Å². The molecule has 0 aliphatic carbocycles. The molecule has 1 rings (SSSR count). The molecular weight excluding hydrogens is 218 g/mol. The molecule has 0 fully saturated rings. The summed E-state index contributed by atoms with van der Waals surface area (Å²) in [5.41, 5.74) is 7.49. The maximum absolute atomic E-state index is 6.41. The summed E-state index contributed by atoms with van der Waals surface area (Å²) in [6.45, 7) is 9.19. The molecule has 1 heterocycles. The van der Waals surface area contributed by atoms with E-state index in [0.29, 0.717) is 0 Å². The van der Waals surface area contributed by atoms with Gasteiger partial charge in [-0.15, -0.1) is 11.3 Å². The molecule has 1 aromatic rings. The summed E-state index contributed by atoms with van der Waals surface area (Å²) in [4.78, 5) is 1.26. The predicted molar refractivity (Wildman–Crippen MR) is 70.9 cm³/mol. The van der Waals surface area contributed by atoms with Crippen LogP contribution in [0.25, 0.3) is 0 Å². The average molecular weight is 241 g/mol. The summed E-state index contributed by atoms with van der Waals surface area (Å²) >= 11 is 1.74. The zero-order valence-electron chi connectivity index (χ0n) is 10.7. The lowest BCUT2D eigenvalue weighted by Gasteiger charge is -2.37. The molecule has 2 nitrogen and oxygen atoms in total. The zero-order valence-corrected chi connectivity index (χ0v) is 11.6. The summed E-state index contributed by atoms with van der Waals surface area (Å²) in [5.74, 6) is 0. The molecule has 0 radical (unpaired) electrons. The third-order valence-electron chi connectivity index (χ3n) is 3.38. The van der Waals surface area contributed by atoms with Crippen LogP contribution in [-0.4, -0.2) is 12.2 Å². The summed E-state index contributed by atoms with van der Waals surface area (Å²) in [7, 11) is 0. The average Bonchev–Trinajstić information content (AvgIpc) is 2.71. The fraction of sp³-hybridized carbons (Fsp3) is 0.692. The minimum Gasteiger partial charge on any atom is -0.373 e. The first-order valence-corrected chi connectivity index (χ1v) is 6.92. The highest BCUT2D eigenvalue weighted by atomic mass is 32.1. The van der Waals surface area contributed by atoms with Crippen LogP contribution < -0.4 is 5.73 Å². The molecule has 0 spiro atoms. The molecule has 3 heteroatoms. The largest absolute Gasteiger partial charge is 0.373 e. The molecule has 0 bridgehead atoms. The van der Waals surface area contributed by atoms with E-state index in [4.69, 9.17) is 10.5 Å². The third kappa shape index (κ3) is 2.47. The van der Waals surface area contributed by atoms with Crippen molar-refractivity contribution >= 4 is 11.3 Å². The molecule has 1 aromatic heterocycles. The molecular formula is C13H23NOS. The monoisotopic (exact) mass is 241 g/mol. The van der Waals surface area contributed by atoms with Crippen molar-refractivity contribution in [3.05, 3.63) is 21.9 Å². The summed E-state index contributed by atoms with van der Waals surface area (Å²) < 4.78 is 5.95. The number of ether oxygens (including phenoxy) is 1. The standard InChI is InChI=1S/C13H23NOS/c1-5-13(6-2,15-7-3)12(14)11-10(4)8-9-16-11/h8-9,12H,5-7,14H2,1-4H3. The van der Waals surface area contributed by atoms with E-state index in [9.17, 15) is 0 Å². The third-order valence-corrected chi connectivity index (χ3v) is 4.48. The van der Waals surface area contributed by atoms with Crippen molar-refractivity contribution < 1.29 is 4.74 Å². The van der Waals surface area contributed by atoms with Crippen LogP contribution in [0.4, 0.5) is 0 Å². The minimum atomic E-state index is -0.204. The Morgan fingerprint density at radius 2 is 2.00 bits per heavy atom. The minimum absolute atomic E-state index is 0.0116. The van der Waals surface area contributed by atoms with Crippen molar-refractivity contribution in [2.24, 2.45) is 5.73 Å². The Balaban J connectivity index is 2.99. The van der Waals surface area contributed by atoms with E-state index in [1.807, 2.05) is 6.92 Å². The van der Waals surface area contributed by atoms with E-state index in [2.05, 4.69) is 32.2 Å². The Kier molecular flexibility index (Phi) is 4.96. The van der Waals surface area contributed by atoms with E-state index in [-0.39, 0.29) is 11.6 Å². The Labute approximate surface area is 103 Å². The van der Waals surface area contributed by atoms with E-state index in [1.165, 1.54) is 10.4 Å². The van der Waals surface area contributed by atoms with Crippen molar-refractivity contribution in [3.63, 3.8) is 0 Å². The summed E-state index contributed by atoms with van der Waals surface area (Å²) in [6, 6.07) is 2.12. The zero-order chi connectivity index (χ0) is 12.2. The van der Waals surface area contributed by atoms with Crippen molar-refractivity contribution in [2.75, 3.05) is 6.61 Å². The van der Waals surface area contributed by atoms with Gasteiger partial charge in [0.2, 0.25) is 0 Å². The van der Waals surface area contributed by atoms with Gasteiger partial charge in [-0.3, -0.25) is 0 Å². The smallest absolute Gasteiger partial charge is 0.0876 e. The molecule has 1 unspecified atom stereocenters. The Morgan fingerprint density at radius 1 is 1.38 bits per heavy atom. The van der Waals surface area contributed by atoms with Gasteiger partial charge in [-0.25, -0.2) is 0 Å². The van der Waals surface area contributed by atoms with Gasteiger partial charge in [-0.1, -0.05) is 13.8 Å². The fourth-order valence-corrected chi connectivity index (χ4v) is 3.25. The second-order valence-electron chi connectivity index (χ2n) is 4.15. The number of thiophene rings is 1. The van der Waals surface area contributed by atoms with Gasteiger partial charge >= 0.3 is 0 Å². The molecule has 0 saturated carbocycles. The number of hydrogen-bond acceptors (Lipinski definition) is 3. The highest BCUT2D eigenvalue weighted by molar-refractivity contribution is 7.10. The number of nitrogens with two attached hydrogens (primary N) is 1. The van der Waals surface area contributed by atoms with Crippen molar-refractivity contribution in [2.45, 2.75) is 52.2 Å². The first-order valence-electron chi connectivity index (χ1n) is 6.04. The highest BCUT2D eigenvalue weighted by Crippen LogP contribution is 2.37. The predicted octanol–water partition coefficient (Wildman–Crippen LogP) is 3.65. The van der Waals surface area contributed by atoms with Gasteiger partial charge in [-0.05, 0) is 43.7 Å². The Morgan fingerprint density at radius 3 is 2.38 bits per heavy atom. The van der Waals surface area contributed by atoms with E-state index >= 15 is 0 Å². The van der Waals surface area contributed by atoms with Crippen LogP contribution in [-0.2, 0) is 4.74 Å². The molecule has 92 valence electrons. The van der Waals surface area contributed by atoms with Crippen molar-refractivity contribution in [3.8, 4) is 0 Å². The van der Waals surface area contributed by atoms with Crippen LogP contribution in [0.1, 0.15) is 50.1 Å². The lowest BCUT2D eigenvalue weighted by molar-refractivity contribution is -0.0639. The van der Waals surface area contributed by atoms with Crippen LogP contribution in [0.15, 0.2) is 11.4 Å². The van der Waals surface area contributed by atoms with Crippen LogP contribution in [0.3, 0.4) is 0 Å². The van der Waals surface area contributed by atoms with Gasteiger partial charge in [0, 0.05) is 11.5 Å². The van der Waals surface area contributed by atoms with Crippen LogP contribution in [0.5, 0.6) is 0 Å². The molecule has 0 aliphatic rings. The van der Waals surface area contributed by atoms with Gasteiger partial charge in [0.1, 0.15) is 0 Å². The van der Waals surface area contributed by atoms with Crippen LogP contribution >= 0.6 is 11.3 Å². The maximum atomic E-state index is 6.41. The summed E-state index contributed by atoms with van der Waals surface area (Å²) in [5, 5.41) is 2.10. The second kappa shape index (κ2) is 5.80. The van der Waals surface area contributed by atoms with E-state index in [0.717, 1.165) is 19.4 Å². The quantitative estimate of drug-likeness (QED) is 0.825. The lowest BCUT2D eigenvalue weighted by Crippen LogP contribution is -2.42. The molecule has 2 N–H and O–H groups in total. The normalized spacial score (nSPS) is 14.1. The molecule has 0 aromatic carbocycles. The van der Waals surface area contributed by atoms with Gasteiger partial charge in [0.05, 0.1) is 11.6 Å². The Bertz CT molecular complexity index is 317.